The highest BCUT2D eigenvalue weighted by atomic mass is 16.3. The lowest BCUT2D eigenvalue weighted by Gasteiger charge is -2.12. The minimum Gasteiger partial charge on any atom is -0.464 e. The average molecular weight is 286 g/mol. The van der Waals surface area contributed by atoms with Crippen molar-refractivity contribution in [3.8, 4) is 0 Å². The topological polar surface area (TPSA) is 71.3 Å². The van der Waals surface area contributed by atoms with Crippen LogP contribution in [-0.2, 0) is 4.79 Å². The number of amides is 2. The number of anilines is 1. The summed E-state index contributed by atoms with van der Waals surface area (Å²) >= 11 is 0. The molecule has 2 rings (SSSR count). The molecule has 0 radical (unpaired) electrons. The molecular weight excluding hydrogens is 268 g/mol. The van der Waals surface area contributed by atoms with Crippen LogP contribution in [0.2, 0.25) is 0 Å². The van der Waals surface area contributed by atoms with Gasteiger partial charge in [-0.3, -0.25) is 9.59 Å². The van der Waals surface area contributed by atoms with Crippen LogP contribution in [0, 0.1) is 6.92 Å². The number of benzene rings is 1. The van der Waals surface area contributed by atoms with Crippen molar-refractivity contribution >= 4 is 17.5 Å². The van der Waals surface area contributed by atoms with Crippen molar-refractivity contribution in [1.29, 1.82) is 0 Å². The van der Waals surface area contributed by atoms with Gasteiger partial charge < -0.3 is 15.1 Å². The van der Waals surface area contributed by atoms with Crippen LogP contribution in [0.1, 0.15) is 41.8 Å². The number of nitrogens with one attached hydrogen (secondary N) is 2. The molecule has 0 fully saturated rings. The maximum absolute atomic E-state index is 12.2. The summed E-state index contributed by atoms with van der Waals surface area (Å²) in [5.41, 5.74) is 1.08. The van der Waals surface area contributed by atoms with Crippen LogP contribution in [-0.4, -0.2) is 11.8 Å². The first-order chi connectivity index (χ1) is 9.95. The fourth-order valence-corrected chi connectivity index (χ4v) is 1.98. The van der Waals surface area contributed by atoms with E-state index in [0.29, 0.717) is 17.0 Å². The molecule has 1 unspecified atom stereocenters. The van der Waals surface area contributed by atoms with Gasteiger partial charge in [-0.1, -0.05) is 6.07 Å². The molecule has 2 aromatic rings. The monoisotopic (exact) mass is 286 g/mol. The van der Waals surface area contributed by atoms with Gasteiger partial charge in [0.05, 0.1) is 6.04 Å². The number of hydrogen-bond donors (Lipinski definition) is 2. The Labute approximate surface area is 123 Å². The minimum atomic E-state index is -0.226. The van der Waals surface area contributed by atoms with Gasteiger partial charge in [-0.25, -0.2) is 0 Å². The Hall–Kier alpha value is -2.56. The van der Waals surface area contributed by atoms with Crippen LogP contribution in [0.5, 0.6) is 0 Å². The first kappa shape index (κ1) is 14.8. The second-order valence-electron chi connectivity index (χ2n) is 4.91. The van der Waals surface area contributed by atoms with Gasteiger partial charge in [0.2, 0.25) is 5.91 Å². The fourth-order valence-electron chi connectivity index (χ4n) is 1.98. The Morgan fingerprint density at radius 2 is 1.95 bits per heavy atom. The number of furan rings is 1. The van der Waals surface area contributed by atoms with Gasteiger partial charge in [0, 0.05) is 18.2 Å². The molecule has 5 heteroatoms. The maximum Gasteiger partial charge on any atom is 0.251 e. The normalized spacial score (nSPS) is 11.8. The third kappa shape index (κ3) is 3.95. The Morgan fingerprint density at radius 1 is 1.19 bits per heavy atom. The molecule has 5 nitrogen and oxygen atoms in total. The zero-order valence-electron chi connectivity index (χ0n) is 12.3. The highest BCUT2D eigenvalue weighted by Gasteiger charge is 2.14. The SMILES string of the molecule is CC(=O)Nc1cccc(C(=O)NC(C)c2ccc(C)o2)c1. The van der Waals surface area contributed by atoms with Crippen molar-refractivity contribution < 1.29 is 14.0 Å². The van der Waals surface area contributed by atoms with Crippen LogP contribution in [0.25, 0.3) is 0 Å². The summed E-state index contributed by atoms with van der Waals surface area (Å²) in [7, 11) is 0. The standard InChI is InChI=1S/C16H18N2O3/c1-10-7-8-15(21-10)11(2)17-16(20)13-5-4-6-14(9-13)18-12(3)19/h4-9,11H,1-3H3,(H,17,20)(H,18,19). The maximum atomic E-state index is 12.2. The highest BCUT2D eigenvalue weighted by molar-refractivity contribution is 5.96. The van der Waals surface area contributed by atoms with E-state index in [1.807, 2.05) is 26.0 Å². The van der Waals surface area contributed by atoms with E-state index in [4.69, 9.17) is 4.42 Å². The van der Waals surface area contributed by atoms with E-state index >= 15 is 0 Å². The molecule has 21 heavy (non-hydrogen) atoms. The smallest absolute Gasteiger partial charge is 0.251 e. The van der Waals surface area contributed by atoms with Gasteiger partial charge in [0.25, 0.3) is 5.91 Å². The third-order valence-electron chi connectivity index (χ3n) is 2.98. The molecule has 0 bridgehead atoms. The zero-order chi connectivity index (χ0) is 15.4. The zero-order valence-corrected chi connectivity index (χ0v) is 12.3. The number of hydrogen-bond acceptors (Lipinski definition) is 3. The third-order valence-corrected chi connectivity index (χ3v) is 2.98. The van der Waals surface area contributed by atoms with Gasteiger partial charge in [0.15, 0.2) is 0 Å². The van der Waals surface area contributed by atoms with Crippen molar-refractivity contribution in [2.45, 2.75) is 26.8 Å². The molecule has 0 spiro atoms. The summed E-state index contributed by atoms with van der Waals surface area (Å²) < 4.78 is 5.49. The van der Waals surface area contributed by atoms with E-state index in [9.17, 15) is 9.59 Å². The second kappa shape index (κ2) is 6.26. The number of aryl methyl sites for hydroxylation is 1. The predicted molar refractivity (Wildman–Crippen MR) is 80.1 cm³/mol. The molecule has 0 saturated heterocycles. The molecule has 1 heterocycles. The summed E-state index contributed by atoms with van der Waals surface area (Å²) in [6.07, 6.45) is 0. The summed E-state index contributed by atoms with van der Waals surface area (Å²) in [5, 5.41) is 5.51. The summed E-state index contributed by atoms with van der Waals surface area (Å²) in [4.78, 5) is 23.2. The van der Waals surface area contributed by atoms with Crippen molar-refractivity contribution in [1.82, 2.24) is 5.32 Å². The largest absolute Gasteiger partial charge is 0.464 e. The van der Waals surface area contributed by atoms with E-state index in [0.717, 1.165) is 5.76 Å². The average Bonchev–Trinajstić information content (AvgIpc) is 2.85. The Balaban J connectivity index is 2.07. The van der Waals surface area contributed by atoms with Crippen LogP contribution in [0.15, 0.2) is 40.8 Å². The summed E-state index contributed by atoms with van der Waals surface area (Å²) in [5.74, 6) is 1.12. The number of carbonyl (C=O) groups excluding carboxylic acids is 2. The van der Waals surface area contributed by atoms with Crippen molar-refractivity contribution in [2.75, 3.05) is 5.32 Å². The Morgan fingerprint density at radius 3 is 2.57 bits per heavy atom. The van der Waals surface area contributed by atoms with Gasteiger partial charge in [0.1, 0.15) is 11.5 Å². The van der Waals surface area contributed by atoms with E-state index in [2.05, 4.69) is 10.6 Å². The molecule has 110 valence electrons. The lowest BCUT2D eigenvalue weighted by molar-refractivity contribution is -0.114. The number of rotatable bonds is 4. The van der Waals surface area contributed by atoms with Gasteiger partial charge in [-0.05, 0) is 44.2 Å². The lowest BCUT2D eigenvalue weighted by atomic mass is 10.1. The quantitative estimate of drug-likeness (QED) is 0.907. The summed E-state index contributed by atoms with van der Waals surface area (Å²) in [6.45, 7) is 5.14. The molecule has 2 amide bonds. The molecular formula is C16H18N2O3. The first-order valence-electron chi connectivity index (χ1n) is 6.70. The van der Waals surface area contributed by atoms with E-state index in [-0.39, 0.29) is 17.9 Å². The van der Waals surface area contributed by atoms with Crippen LogP contribution >= 0.6 is 0 Å². The summed E-state index contributed by atoms with van der Waals surface area (Å²) in [6, 6.07) is 10.3. The van der Waals surface area contributed by atoms with Gasteiger partial charge >= 0.3 is 0 Å². The highest BCUT2D eigenvalue weighted by Crippen LogP contribution is 2.17. The Bertz CT molecular complexity index is 661. The minimum absolute atomic E-state index is 0.174. The second-order valence-corrected chi connectivity index (χ2v) is 4.91. The van der Waals surface area contributed by atoms with Crippen molar-refractivity contribution in [2.24, 2.45) is 0 Å². The molecule has 2 N–H and O–H groups in total. The fraction of sp³-hybridized carbons (Fsp3) is 0.250. The van der Waals surface area contributed by atoms with Crippen LogP contribution in [0.3, 0.4) is 0 Å². The molecule has 1 aromatic heterocycles. The van der Waals surface area contributed by atoms with E-state index < -0.39 is 0 Å². The van der Waals surface area contributed by atoms with Crippen molar-refractivity contribution in [3.63, 3.8) is 0 Å². The van der Waals surface area contributed by atoms with Gasteiger partial charge in [-0.15, -0.1) is 0 Å². The first-order valence-corrected chi connectivity index (χ1v) is 6.70. The lowest BCUT2D eigenvalue weighted by Crippen LogP contribution is -2.26. The Kier molecular flexibility index (Phi) is 4.42. The van der Waals surface area contributed by atoms with Crippen LogP contribution in [0.4, 0.5) is 5.69 Å². The predicted octanol–water partition coefficient (Wildman–Crippen LogP) is 3.04. The molecule has 1 aromatic carbocycles. The molecule has 1 atom stereocenters. The number of carbonyl (C=O) groups is 2. The van der Waals surface area contributed by atoms with Crippen LogP contribution < -0.4 is 10.6 Å². The van der Waals surface area contributed by atoms with E-state index in [1.165, 1.54) is 6.92 Å². The van der Waals surface area contributed by atoms with E-state index in [1.54, 1.807) is 24.3 Å². The molecule has 0 aliphatic carbocycles. The molecule has 0 saturated carbocycles. The molecule has 0 aliphatic rings. The van der Waals surface area contributed by atoms with Gasteiger partial charge in [-0.2, -0.15) is 0 Å². The molecule has 0 aliphatic heterocycles. The van der Waals surface area contributed by atoms with Crippen molar-refractivity contribution in [3.05, 3.63) is 53.5 Å².